The van der Waals surface area contributed by atoms with Crippen LogP contribution in [0.3, 0.4) is 0 Å². The van der Waals surface area contributed by atoms with E-state index in [1.54, 1.807) is 24.3 Å². The molecule has 2 aromatic rings. The molecule has 3 rings (SSSR count). The number of carbonyl (C=O) groups excluding carboxylic acids is 3. The predicted molar refractivity (Wildman–Crippen MR) is 126 cm³/mol. The highest BCUT2D eigenvalue weighted by atomic mass is 127. The van der Waals surface area contributed by atoms with Crippen molar-refractivity contribution in [3.63, 3.8) is 0 Å². The molecule has 0 spiro atoms. The van der Waals surface area contributed by atoms with Crippen molar-refractivity contribution in [1.29, 1.82) is 0 Å². The van der Waals surface area contributed by atoms with Crippen molar-refractivity contribution in [3.05, 3.63) is 56.7 Å². The molecule has 1 aliphatic heterocycles. The highest BCUT2D eigenvalue weighted by Gasteiger charge is 2.36. The maximum atomic E-state index is 13.1. The van der Waals surface area contributed by atoms with Gasteiger partial charge < -0.3 is 9.47 Å². The molecular weight excluding hydrogens is 511 g/mol. The summed E-state index contributed by atoms with van der Waals surface area (Å²) in [6, 6.07) is 9.80. The molecular formula is C23H23IN2O5. The topological polar surface area (TPSA) is 84.9 Å². The van der Waals surface area contributed by atoms with Gasteiger partial charge in [0.05, 0.1) is 22.5 Å². The minimum Gasteiger partial charge on any atom is -0.490 e. The van der Waals surface area contributed by atoms with Gasteiger partial charge in [-0.05, 0) is 84.3 Å². The fourth-order valence-corrected chi connectivity index (χ4v) is 3.94. The average Bonchev–Trinajstić information content (AvgIpc) is 2.74. The van der Waals surface area contributed by atoms with Gasteiger partial charge in [-0.25, -0.2) is 9.69 Å². The van der Waals surface area contributed by atoms with Crippen molar-refractivity contribution in [2.24, 2.45) is 0 Å². The lowest BCUT2D eigenvalue weighted by atomic mass is 10.1. The van der Waals surface area contributed by atoms with Crippen LogP contribution < -0.4 is 19.7 Å². The van der Waals surface area contributed by atoms with Gasteiger partial charge in [-0.3, -0.25) is 14.9 Å². The molecule has 0 radical (unpaired) electrons. The van der Waals surface area contributed by atoms with Crippen LogP contribution in [0.25, 0.3) is 6.08 Å². The molecule has 0 bridgehead atoms. The molecule has 0 unspecified atom stereocenters. The zero-order valence-electron chi connectivity index (χ0n) is 17.5. The number of amides is 4. The molecule has 31 heavy (non-hydrogen) atoms. The van der Waals surface area contributed by atoms with E-state index < -0.39 is 17.8 Å². The lowest BCUT2D eigenvalue weighted by molar-refractivity contribution is -0.122. The third-order valence-electron chi connectivity index (χ3n) is 4.64. The highest BCUT2D eigenvalue weighted by molar-refractivity contribution is 14.1. The van der Waals surface area contributed by atoms with E-state index in [4.69, 9.17) is 9.47 Å². The standard InChI is InChI=1S/C23H23IN2O5/c1-4-14-7-9-16(10-8-14)26-22(28)17(21(27)25-23(26)29)11-15-12-18(24)20(31-6-3)19(13-15)30-5-2/h7-13H,4-6H2,1-3H3,(H,25,27,29)/b17-11-. The minimum atomic E-state index is -0.771. The largest absolute Gasteiger partial charge is 0.490 e. The molecule has 2 aromatic carbocycles. The van der Waals surface area contributed by atoms with Gasteiger partial charge in [0.1, 0.15) is 5.57 Å². The van der Waals surface area contributed by atoms with Crippen molar-refractivity contribution in [3.8, 4) is 11.5 Å². The number of halogens is 1. The number of imide groups is 2. The number of aryl methyl sites for hydroxylation is 1. The molecule has 1 fully saturated rings. The van der Waals surface area contributed by atoms with Gasteiger partial charge in [-0.15, -0.1) is 0 Å². The van der Waals surface area contributed by atoms with E-state index in [0.29, 0.717) is 36.0 Å². The van der Waals surface area contributed by atoms with E-state index in [1.165, 1.54) is 6.08 Å². The number of benzene rings is 2. The lowest BCUT2D eigenvalue weighted by Crippen LogP contribution is -2.54. The molecule has 4 amide bonds. The fraction of sp³-hybridized carbons (Fsp3) is 0.261. The summed E-state index contributed by atoms with van der Waals surface area (Å²) in [5, 5.41) is 2.24. The zero-order valence-corrected chi connectivity index (χ0v) is 19.7. The Morgan fingerprint density at radius 3 is 2.29 bits per heavy atom. The van der Waals surface area contributed by atoms with Crippen LogP contribution in [-0.4, -0.2) is 31.1 Å². The maximum absolute atomic E-state index is 13.1. The predicted octanol–water partition coefficient (Wildman–Crippen LogP) is 4.32. The molecule has 0 aromatic heterocycles. The Balaban J connectivity index is 2.01. The monoisotopic (exact) mass is 534 g/mol. The summed E-state index contributed by atoms with van der Waals surface area (Å²) in [5.74, 6) is -0.285. The van der Waals surface area contributed by atoms with Crippen molar-refractivity contribution in [2.45, 2.75) is 27.2 Å². The van der Waals surface area contributed by atoms with Crippen LogP contribution in [-0.2, 0) is 16.0 Å². The van der Waals surface area contributed by atoms with Crippen molar-refractivity contribution in [2.75, 3.05) is 18.1 Å². The summed E-state index contributed by atoms with van der Waals surface area (Å²) in [6.45, 7) is 6.67. The van der Waals surface area contributed by atoms with Crippen LogP contribution >= 0.6 is 22.6 Å². The summed E-state index contributed by atoms with van der Waals surface area (Å²) < 4.78 is 12.1. The van der Waals surface area contributed by atoms with Crippen molar-refractivity contribution in [1.82, 2.24) is 5.32 Å². The molecule has 0 atom stereocenters. The Morgan fingerprint density at radius 2 is 1.68 bits per heavy atom. The van der Waals surface area contributed by atoms with Gasteiger partial charge in [0.25, 0.3) is 11.8 Å². The summed E-state index contributed by atoms with van der Waals surface area (Å²) >= 11 is 2.12. The van der Waals surface area contributed by atoms with Gasteiger partial charge in [-0.1, -0.05) is 19.1 Å². The van der Waals surface area contributed by atoms with Crippen LogP contribution in [0.4, 0.5) is 10.5 Å². The van der Waals surface area contributed by atoms with E-state index in [-0.39, 0.29) is 5.57 Å². The third kappa shape index (κ3) is 4.90. The van der Waals surface area contributed by atoms with Gasteiger partial charge in [0.15, 0.2) is 11.5 Å². The Kier molecular flexibility index (Phi) is 7.32. The summed E-state index contributed by atoms with van der Waals surface area (Å²) in [6.07, 6.45) is 2.29. The van der Waals surface area contributed by atoms with E-state index in [0.717, 1.165) is 20.5 Å². The first kappa shape index (κ1) is 22.8. The first-order valence-corrected chi connectivity index (χ1v) is 11.1. The maximum Gasteiger partial charge on any atom is 0.335 e. The molecule has 7 nitrogen and oxygen atoms in total. The molecule has 8 heteroatoms. The zero-order chi connectivity index (χ0) is 22.5. The lowest BCUT2D eigenvalue weighted by Gasteiger charge is -2.26. The number of ether oxygens (including phenoxy) is 2. The van der Waals surface area contributed by atoms with Gasteiger partial charge in [0.2, 0.25) is 0 Å². The fourth-order valence-electron chi connectivity index (χ4n) is 3.16. The van der Waals surface area contributed by atoms with E-state index in [2.05, 4.69) is 27.9 Å². The normalized spacial score (nSPS) is 15.3. The Labute approximate surface area is 194 Å². The second kappa shape index (κ2) is 9.95. The Bertz CT molecular complexity index is 1050. The number of barbiturate groups is 1. The quantitative estimate of drug-likeness (QED) is 0.325. The Morgan fingerprint density at radius 1 is 1.00 bits per heavy atom. The second-order valence-electron chi connectivity index (χ2n) is 6.67. The molecule has 0 saturated carbocycles. The van der Waals surface area contributed by atoms with Crippen LogP contribution in [0.5, 0.6) is 11.5 Å². The number of nitrogens with one attached hydrogen (secondary N) is 1. The van der Waals surface area contributed by atoms with Gasteiger partial charge >= 0.3 is 6.03 Å². The first-order valence-electron chi connectivity index (χ1n) is 9.99. The number of urea groups is 1. The van der Waals surface area contributed by atoms with Crippen LogP contribution in [0, 0.1) is 3.57 Å². The van der Waals surface area contributed by atoms with Gasteiger partial charge in [0, 0.05) is 0 Å². The van der Waals surface area contributed by atoms with E-state index >= 15 is 0 Å². The third-order valence-corrected chi connectivity index (χ3v) is 5.44. The van der Waals surface area contributed by atoms with E-state index in [9.17, 15) is 14.4 Å². The molecule has 1 N–H and O–H groups in total. The number of hydrogen-bond donors (Lipinski definition) is 1. The molecule has 1 saturated heterocycles. The average molecular weight is 534 g/mol. The summed E-state index contributed by atoms with van der Waals surface area (Å²) in [7, 11) is 0. The van der Waals surface area contributed by atoms with Crippen molar-refractivity contribution >= 4 is 52.2 Å². The highest BCUT2D eigenvalue weighted by Crippen LogP contribution is 2.35. The number of anilines is 1. The molecule has 162 valence electrons. The number of hydrogen-bond acceptors (Lipinski definition) is 5. The minimum absolute atomic E-state index is 0.137. The van der Waals surface area contributed by atoms with Crippen LogP contribution in [0.1, 0.15) is 31.9 Å². The molecule has 1 aliphatic rings. The van der Waals surface area contributed by atoms with Gasteiger partial charge in [-0.2, -0.15) is 0 Å². The smallest absolute Gasteiger partial charge is 0.335 e. The number of nitrogens with zero attached hydrogens (tertiary/aromatic N) is 1. The summed E-state index contributed by atoms with van der Waals surface area (Å²) in [5.41, 5.74) is 1.93. The van der Waals surface area contributed by atoms with Crippen LogP contribution in [0.2, 0.25) is 0 Å². The number of rotatable bonds is 7. The second-order valence-corrected chi connectivity index (χ2v) is 7.84. The van der Waals surface area contributed by atoms with Crippen molar-refractivity contribution < 1.29 is 23.9 Å². The molecule has 1 heterocycles. The Hall–Kier alpha value is -2.88. The van der Waals surface area contributed by atoms with E-state index in [1.807, 2.05) is 32.9 Å². The summed E-state index contributed by atoms with van der Waals surface area (Å²) in [4.78, 5) is 38.9. The number of carbonyl (C=O) groups is 3. The SMILES string of the molecule is CCOc1cc(/C=C2/C(=O)NC(=O)N(c3ccc(CC)cc3)C2=O)cc(I)c1OCC. The molecule has 0 aliphatic carbocycles. The van der Waals surface area contributed by atoms with Crippen LogP contribution in [0.15, 0.2) is 42.0 Å². The first-order chi connectivity index (χ1) is 14.9.